The van der Waals surface area contributed by atoms with E-state index in [1.807, 2.05) is 12.1 Å². The van der Waals surface area contributed by atoms with Crippen molar-refractivity contribution < 1.29 is 24.1 Å². The van der Waals surface area contributed by atoms with Gasteiger partial charge in [-0.25, -0.2) is 0 Å². The highest BCUT2D eigenvalue weighted by molar-refractivity contribution is 5.79. The Morgan fingerprint density at radius 1 is 1.03 bits per heavy atom. The number of rotatable bonds is 18. The number of benzene rings is 1. The van der Waals surface area contributed by atoms with Crippen molar-refractivity contribution in [2.75, 3.05) is 27.4 Å². The Labute approximate surface area is 237 Å². The zero-order valence-corrected chi connectivity index (χ0v) is 25.6. The summed E-state index contributed by atoms with van der Waals surface area (Å²) in [4.78, 5) is 13.2. The number of hydrogen-bond acceptors (Lipinski definition) is 6. The molecule has 4 N–H and O–H groups in total. The molecule has 0 unspecified atom stereocenters. The Balaban J connectivity index is 2.00. The maximum atomic E-state index is 13.2. The molecule has 0 heterocycles. The summed E-state index contributed by atoms with van der Waals surface area (Å²) in [7, 11) is 3.33. The third-order valence-electron chi connectivity index (χ3n) is 8.60. The van der Waals surface area contributed by atoms with E-state index in [1.165, 1.54) is 25.7 Å². The van der Waals surface area contributed by atoms with E-state index >= 15 is 0 Å². The van der Waals surface area contributed by atoms with Crippen molar-refractivity contribution in [2.24, 2.45) is 35.3 Å². The van der Waals surface area contributed by atoms with Gasteiger partial charge in [0.1, 0.15) is 0 Å². The van der Waals surface area contributed by atoms with Gasteiger partial charge < -0.3 is 30.4 Å². The molecule has 7 heteroatoms. The largest absolute Gasteiger partial charge is 0.493 e. The summed E-state index contributed by atoms with van der Waals surface area (Å²) in [5.41, 5.74) is 7.74. The number of ether oxygens (including phenoxy) is 3. The van der Waals surface area contributed by atoms with Crippen molar-refractivity contribution in [3.63, 3.8) is 0 Å². The molecule has 0 aliphatic heterocycles. The number of nitrogens with one attached hydrogen (secondary N) is 1. The number of aliphatic hydroxyl groups excluding tert-OH is 1. The summed E-state index contributed by atoms with van der Waals surface area (Å²) in [6.07, 6.45) is 6.84. The van der Waals surface area contributed by atoms with Crippen LogP contribution in [0.2, 0.25) is 0 Å². The minimum Gasteiger partial charge on any atom is -0.493 e. The fraction of sp³-hybridized carbons (Fsp3) is 0.781. The Morgan fingerprint density at radius 2 is 1.72 bits per heavy atom. The highest BCUT2D eigenvalue weighted by atomic mass is 16.5. The van der Waals surface area contributed by atoms with Crippen molar-refractivity contribution in [3.05, 3.63) is 23.8 Å². The summed E-state index contributed by atoms with van der Waals surface area (Å²) >= 11 is 0. The molecule has 1 aliphatic carbocycles. The molecule has 0 saturated heterocycles. The van der Waals surface area contributed by atoms with E-state index in [-0.39, 0.29) is 29.7 Å². The third kappa shape index (κ3) is 10.9. The van der Waals surface area contributed by atoms with Gasteiger partial charge in [-0.05, 0) is 80.4 Å². The zero-order valence-electron chi connectivity index (χ0n) is 25.6. The number of hydrogen-bond donors (Lipinski definition) is 3. The van der Waals surface area contributed by atoms with Crippen molar-refractivity contribution in [1.82, 2.24) is 5.32 Å². The molecule has 1 aromatic rings. The van der Waals surface area contributed by atoms with Gasteiger partial charge in [0.25, 0.3) is 0 Å². The van der Waals surface area contributed by atoms with E-state index in [0.29, 0.717) is 43.6 Å². The van der Waals surface area contributed by atoms with Gasteiger partial charge in [0, 0.05) is 38.1 Å². The maximum Gasteiger partial charge on any atom is 0.223 e. The lowest BCUT2D eigenvalue weighted by Crippen LogP contribution is -2.45. The monoisotopic (exact) mass is 548 g/mol. The average Bonchev–Trinajstić information content (AvgIpc) is 3.44. The first-order valence-electron chi connectivity index (χ1n) is 15.1. The molecule has 0 aromatic heterocycles. The van der Waals surface area contributed by atoms with Gasteiger partial charge in [-0.2, -0.15) is 0 Å². The van der Waals surface area contributed by atoms with E-state index in [4.69, 9.17) is 19.9 Å². The first-order valence-corrected chi connectivity index (χ1v) is 15.1. The van der Waals surface area contributed by atoms with Crippen LogP contribution in [0.25, 0.3) is 0 Å². The van der Waals surface area contributed by atoms with Gasteiger partial charge in [0.15, 0.2) is 11.5 Å². The molecule has 224 valence electrons. The highest BCUT2D eigenvalue weighted by Gasteiger charge is 2.32. The maximum absolute atomic E-state index is 13.2. The molecule has 0 bridgehead atoms. The Morgan fingerprint density at radius 3 is 2.31 bits per heavy atom. The fourth-order valence-corrected chi connectivity index (χ4v) is 5.77. The van der Waals surface area contributed by atoms with Gasteiger partial charge in [-0.15, -0.1) is 0 Å². The minimum atomic E-state index is -0.735. The molecule has 1 aromatic carbocycles. The van der Waals surface area contributed by atoms with Crippen LogP contribution in [0, 0.1) is 29.6 Å². The topological polar surface area (TPSA) is 103 Å². The smallest absolute Gasteiger partial charge is 0.223 e. The molecule has 1 aliphatic rings. The Bertz CT molecular complexity index is 840. The fourth-order valence-electron chi connectivity index (χ4n) is 5.77. The Hall–Kier alpha value is -1.83. The van der Waals surface area contributed by atoms with Gasteiger partial charge >= 0.3 is 0 Å². The van der Waals surface area contributed by atoms with Gasteiger partial charge in [0.05, 0.1) is 19.8 Å². The summed E-state index contributed by atoms with van der Waals surface area (Å²) < 4.78 is 16.6. The SMILES string of the molecule is COCCCOc1cc(C[C@@H](C[C@H](N)[C@@H](O)C[C@H](C(=O)N[C@@H](C)C2CCCC2)C(C)C)C(C)C)ccc1OC. The van der Waals surface area contributed by atoms with Crippen LogP contribution in [0.4, 0.5) is 0 Å². The van der Waals surface area contributed by atoms with E-state index in [2.05, 4.69) is 46.0 Å². The number of methoxy groups -OCH3 is 2. The van der Waals surface area contributed by atoms with Crippen LogP contribution in [0.15, 0.2) is 18.2 Å². The lowest BCUT2D eigenvalue weighted by molar-refractivity contribution is -0.128. The molecule has 7 nitrogen and oxygen atoms in total. The van der Waals surface area contributed by atoms with Crippen molar-refractivity contribution in [3.8, 4) is 11.5 Å². The van der Waals surface area contributed by atoms with E-state index in [1.54, 1.807) is 14.2 Å². The van der Waals surface area contributed by atoms with Crippen molar-refractivity contribution in [1.29, 1.82) is 0 Å². The van der Waals surface area contributed by atoms with Crippen LogP contribution in [0.3, 0.4) is 0 Å². The molecule has 1 saturated carbocycles. The minimum absolute atomic E-state index is 0.0484. The number of carbonyl (C=O) groups is 1. The predicted octanol–water partition coefficient (Wildman–Crippen LogP) is 5.36. The first kappa shape index (κ1) is 33.4. The van der Waals surface area contributed by atoms with Crippen molar-refractivity contribution >= 4 is 5.91 Å². The second-order valence-corrected chi connectivity index (χ2v) is 12.3. The van der Waals surface area contributed by atoms with Crippen molar-refractivity contribution in [2.45, 2.75) is 104 Å². The van der Waals surface area contributed by atoms with E-state index in [9.17, 15) is 9.90 Å². The van der Waals surface area contributed by atoms with Crippen LogP contribution < -0.4 is 20.5 Å². The van der Waals surface area contributed by atoms with Gasteiger partial charge in [-0.3, -0.25) is 4.79 Å². The molecule has 1 amide bonds. The lowest BCUT2D eigenvalue weighted by Gasteiger charge is -2.31. The number of aliphatic hydroxyl groups is 1. The number of amides is 1. The summed E-state index contributed by atoms with van der Waals surface area (Å²) in [5.74, 6) is 2.59. The third-order valence-corrected chi connectivity index (χ3v) is 8.60. The lowest BCUT2D eigenvalue weighted by atomic mass is 9.80. The standard InChI is InChI=1S/C32H56N2O5/c1-21(2)26(17-24-13-14-30(38-7)31(18-24)39-16-10-15-37-6)19-28(33)29(35)20-27(22(3)4)32(36)34-23(5)25-11-8-9-12-25/h13-14,18,21-23,25-29,35H,8-12,15-17,19-20,33H2,1-7H3,(H,34,36)/t23-,26-,27-,28-,29-/m0/s1. The van der Waals surface area contributed by atoms with Crippen LogP contribution in [-0.4, -0.2) is 56.6 Å². The average molecular weight is 549 g/mol. The second-order valence-electron chi connectivity index (χ2n) is 12.3. The Kier molecular flexibility index (Phi) is 14.6. The van der Waals surface area contributed by atoms with E-state index in [0.717, 1.165) is 24.2 Å². The zero-order chi connectivity index (χ0) is 28.9. The van der Waals surface area contributed by atoms with Crippen LogP contribution in [0.1, 0.15) is 85.1 Å². The normalized spacial score (nSPS) is 18.1. The molecule has 39 heavy (non-hydrogen) atoms. The summed E-state index contributed by atoms with van der Waals surface area (Å²) in [6, 6.07) is 5.85. The van der Waals surface area contributed by atoms with Crippen LogP contribution in [0.5, 0.6) is 11.5 Å². The first-order chi connectivity index (χ1) is 18.6. The molecular formula is C32H56N2O5. The second kappa shape index (κ2) is 17.1. The quantitative estimate of drug-likeness (QED) is 0.213. The molecule has 2 rings (SSSR count). The summed E-state index contributed by atoms with van der Waals surface area (Å²) in [5, 5.41) is 14.4. The van der Waals surface area contributed by atoms with Crippen LogP contribution >= 0.6 is 0 Å². The van der Waals surface area contributed by atoms with Gasteiger partial charge in [0.2, 0.25) is 5.91 Å². The highest BCUT2D eigenvalue weighted by Crippen LogP contribution is 2.32. The molecule has 1 fully saturated rings. The predicted molar refractivity (Wildman–Crippen MR) is 158 cm³/mol. The van der Waals surface area contributed by atoms with E-state index < -0.39 is 12.1 Å². The molecule has 0 spiro atoms. The molecule has 5 atom stereocenters. The summed E-state index contributed by atoms with van der Waals surface area (Å²) in [6.45, 7) is 11.8. The molecular weight excluding hydrogens is 492 g/mol. The number of nitrogens with two attached hydrogens (primary N) is 1. The molecule has 0 radical (unpaired) electrons. The number of carbonyl (C=O) groups excluding carboxylic acids is 1. The van der Waals surface area contributed by atoms with Crippen LogP contribution in [-0.2, 0) is 16.0 Å². The van der Waals surface area contributed by atoms with Gasteiger partial charge in [-0.1, -0.05) is 46.6 Å².